The third kappa shape index (κ3) is 3.21. The third-order valence-electron chi connectivity index (χ3n) is 4.85. The SMILES string of the molecule is Cc1cccc([C@H](C2CCCCC2)N2CCNCC2)n1. The molecule has 0 bridgehead atoms. The molecule has 3 rings (SSSR count). The second-order valence-corrected chi connectivity index (χ2v) is 6.33. The Labute approximate surface area is 122 Å². The van der Waals surface area contributed by atoms with Gasteiger partial charge < -0.3 is 5.32 Å². The minimum absolute atomic E-state index is 0.539. The average molecular weight is 273 g/mol. The molecule has 1 aromatic rings. The fourth-order valence-corrected chi connectivity index (χ4v) is 3.87. The Kier molecular flexibility index (Phi) is 4.69. The predicted octanol–water partition coefficient (Wildman–Crippen LogP) is 2.92. The fraction of sp³-hybridized carbons (Fsp3) is 0.706. The highest BCUT2D eigenvalue weighted by atomic mass is 15.2. The first-order valence-corrected chi connectivity index (χ1v) is 8.23. The summed E-state index contributed by atoms with van der Waals surface area (Å²) >= 11 is 0. The molecule has 1 atom stereocenters. The third-order valence-corrected chi connectivity index (χ3v) is 4.85. The summed E-state index contributed by atoms with van der Waals surface area (Å²) in [5.74, 6) is 0.802. The van der Waals surface area contributed by atoms with Gasteiger partial charge in [0.15, 0.2) is 0 Å². The summed E-state index contributed by atoms with van der Waals surface area (Å²) in [6, 6.07) is 7.07. The maximum atomic E-state index is 4.86. The van der Waals surface area contributed by atoms with Crippen LogP contribution < -0.4 is 5.32 Å². The quantitative estimate of drug-likeness (QED) is 0.918. The first-order valence-electron chi connectivity index (χ1n) is 8.23. The normalized spacial score (nSPS) is 23.6. The molecule has 0 amide bonds. The Hall–Kier alpha value is -0.930. The van der Waals surface area contributed by atoms with Crippen LogP contribution in [0.15, 0.2) is 18.2 Å². The Bertz CT molecular complexity index is 402. The lowest BCUT2D eigenvalue weighted by Crippen LogP contribution is -2.47. The topological polar surface area (TPSA) is 28.2 Å². The zero-order chi connectivity index (χ0) is 13.8. The van der Waals surface area contributed by atoms with Gasteiger partial charge in [-0.05, 0) is 37.8 Å². The number of rotatable bonds is 3. The van der Waals surface area contributed by atoms with Crippen molar-refractivity contribution in [3.63, 3.8) is 0 Å². The molecule has 1 saturated heterocycles. The number of nitrogens with one attached hydrogen (secondary N) is 1. The van der Waals surface area contributed by atoms with Gasteiger partial charge in [-0.2, -0.15) is 0 Å². The van der Waals surface area contributed by atoms with Gasteiger partial charge in [-0.1, -0.05) is 25.3 Å². The molecule has 2 aliphatic rings. The first kappa shape index (κ1) is 14.0. The summed E-state index contributed by atoms with van der Waals surface area (Å²) in [5.41, 5.74) is 2.46. The van der Waals surface area contributed by atoms with Crippen LogP contribution in [0.25, 0.3) is 0 Å². The molecule has 0 unspecified atom stereocenters. The lowest BCUT2D eigenvalue weighted by atomic mass is 9.81. The maximum absolute atomic E-state index is 4.86. The van der Waals surface area contributed by atoms with E-state index in [0.717, 1.165) is 37.8 Å². The highest BCUT2D eigenvalue weighted by Gasteiger charge is 2.31. The Morgan fingerprint density at radius 2 is 1.90 bits per heavy atom. The molecule has 2 fully saturated rings. The van der Waals surface area contributed by atoms with Crippen LogP contribution in [-0.2, 0) is 0 Å². The van der Waals surface area contributed by atoms with Crippen LogP contribution in [-0.4, -0.2) is 36.1 Å². The summed E-state index contributed by atoms with van der Waals surface area (Å²) in [6.45, 7) is 6.68. The smallest absolute Gasteiger partial charge is 0.0581 e. The largest absolute Gasteiger partial charge is 0.314 e. The van der Waals surface area contributed by atoms with E-state index in [4.69, 9.17) is 4.98 Å². The van der Waals surface area contributed by atoms with Gasteiger partial charge in [-0.3, -0.25) is 9.88 Å². The molecule has 3 nitrogen and oxygen atoms in total. The molecular formula is C17H27N3. The molecular weight excluding hydrogens is 246 g/mol. The predicted molar refractivity (Wildman–Crippen MR) is 82.7 cm³/mol. The second-order valence-electron chi connectivity index (χ2n) is 6.33. The van der Waals surface area contributed by atoms with E-state index in [9.17, 15) is 0 Å². The molecule has 2 heterocycles. The van der Waals surface area contributed by atoms with Crippen molar-refractivity contribution in [2.24, 2.45) is 5.92 Å². The van der Waals surface area contributed by atoms with Crippen molar-refractivity contribution in [1.29, 1.82) is 0 Å². The van der Waals surface area contributed by atoms with E-state index in [-0.39, 0.29) is 0 Å². The number of hydrogen-bond donors (Lipinski definition) is 1. The number of nitrogens with zero attached hydrogens (tertiary/aromatic N) is 2. The highest BCUT2D eigenvalue weighted by Crippen LogP contribution is 2.37. The van der Waals surface area contributed by atoms with Crippen LogP contribution in [0.3, 0.4) is 0 Å². The summed E-state index contributed by atoms with van der Waals surface area (Å²) in [6.07, 6.45) is 6.98. The zero-order valence-electron chi connectivity index (χ0n) is 12.6. The summed E-state index contributed by atoms with van der Waals surface area (Å²) in [4.78, 5) is 7.54. The molecule has 1 N–H and O–H groups in total. The van der Waals surface area contributed by atoms with E-state index < -0.39 is 0 Å². The molecule has 3 heteroatoms. The van der Waals surface area contributed by atoms with E-state index in [1.807, 2.05) is 0 Å². The molecule has 0 radical (unpaired) electrons. The maximum Gasteiger partial charge on any atom is 0.0581 e. The van der Waals surface area contributed by atoms with Gasteiger partial charge in [0.2, 0.25) is 0 Å². The highest BCUT2D eigenvalue weighted by molar-refractivity contribution is 5.15. The van der Waals surface area contributed by atoms with Crippen molar-refractivity contribution in [2.75, 3.05) is 26.2 Å². The summed E-state index contributed by atoms with van der Waals surface area (Å²) < 4.78 is 0. The van der Waals surface area contributed by atoms with Crippen molar-refractivity contribution in [3.05, 3.63) is 29.6 Å². The van der Waals surface area contributed by atoms with Crippen LogP contribution >= 0.6 is 0 Å². The Morgan fingerprint density at radius 3 is 2.60 bits per heavy atom. The van der Waals surface area contributed by atoms with E-state index in [2.05, 4.69) is 35.3 Å². The van der Waals surface area contributed by atoms with Gasteiger partial charge in [0, 0.05) is 31.9 Å². The molecule has 1 aliphatic carbocycles. The van der Waals surface area contributed by atoms with Gasteiger partial charge in [0.1, 0.15) is 0 Å². The van der Waals surface area contributed by atoms with Crippen molar-refractivity contribution >= 4 is 0 Å². The van der Waals surface area contributed by atoms with Crippen LogP contribution in [0, 0.1) is 12.8 Å². The van der Waals surface area contributed by atoms with E-state index in [1.54, 1.807) is 0 Å². The number of aryl methyl sites for hydroxylation is 1. The molecule has 110 valence electrons. The van der Waals surface area contributed by atoms with E-state index in [1.165, 1.54) is 37.8 Å². The second kappa shape index (κ2) is 6.68. The Morgan fingerprint density at radius 1 is 1.15 bits per heavy atom. The minimum Gasteiger partial charge on any atom is -0.314 e. The average Bonchev–Trinajstić information content (AvgIpc) is 2.50. The fourth-order valence-electron chi connectivity index (χ4n) is 3.87. The number of aromatic nitrogens is 1. The van der Waals surface area contributed by atoms with Crippen molar-refractivity contribution in [2.45, 2.75) is 45.1 Å². The molecule has 20 heavy (non-hydrogen) atoms. The van der Waals surface area contributed by atoms with Crippen LogP contribution in [0.5, 0.6) is 0 Å². The monoisotopic (exact) mass is 273 g/mol. The Balaban J connectivity index is 1.85. The number of hydrogen-bond acceptors (Lipinski definition) is 3. The van der Waals surface area contributed by atoms with Crippen molar-refractivity contribution in [1.82, 2.24) is 15.2 Å². The van der Waals surface area contributed by atoms with E-state index >= 15 is 0 Å². The van der Waals surface area contributed by atoms with Crippen molar-refractivity contribution in [3.8, 4) is 0 Å². The zero-order valence-corrected chi connectivity index (χ0v) is 12.6. The number of piperazine rings is 1. The molecule has 1 aromatic heterocycles. The van der Waals surface area contributed by atoms with Gasteiger partial charge >= 0.3 is 0 Å². The standard InChI is InChI=1S/C17H27N3/c1-14-6-5-9-16(19-14)17(15-7-3-2-4-8-15)20-12-10-18-11-13-20/h5-6,9,15,17-18H,2-4,7-8,10-13H2,1H3/t17-/m0/s1. The minimum atomic E-state index is 0.539. The first-order chi connectivity index (χ1) is 9.84. The lowest BCUT2D eigenvalue weighted by Gasteiger charge is -2.40. The van der Waals surface area contributed by atoms with Crippen LogP contribution in [0.2, 0.25) is 0 Å². The lowest BCUT2D eigenvalue weighted by molar-refractivity contribution is 0.100. The van der Waals surface area contributed by atoms with Gasteiger partial charge in [0.25, 0.3) is 0 Å². The molecule has 0 spiro atoms. The van der Waals surface area contributed by atoms with E-state index in [0.29, 0.717) is 6.04 Å². The molecule has 1 saturated carbocycles. The van der Waals surface area contributed by atoms with Crippen LogP contribution in [0.1, 0.15) is 49.5 Å². The number of pyridine rings is 1. The van der Waals surface area contributed by atoms with Gasteiger partial charge in [-0.15, -0.1) is 0 Å². The summed E-state index contributed by atoms with van der Waals surface area (Å²) in [7, 11) is 0. The molecule has 0 aromatic carbocycles. The summed E-state index contributed by atoms with van der Waals surface area (Å²) in [5, 5.41) is 3.47. The van der Waals surface area contributed by atoms with Crippen molar-refractivity contribution < 1.29 is 0 Å². The van der Waals surface area contributed by atoms with Crippen LogP contribution in [0.4, 0.5) is 0 Å². The van der Waals surface area contributed by atoms with Gasteiger partial charge in [0.05, 0.1) is 11.7 Å². The van der Waals surface area contributed by atoms with Gasteiger partial charge in [-0.25, -0.2) is 0 Å². The molecule has 1 aliphatic heterocycles.